The Hall–Kier alpha value is -2.16. The summed E-state index contributed by atoms with van der Waals surface area (Å²) >= 11 is 0. The molecular formula is C19H34N4O5. The van der Waals surface area contributed by atoms with E-state index in [1.54, 1.807) is 13.8 Å². The zero-order chi connectivity index (χ0) is 21.6. The number of carbonyl (C=O) groups excluding carboxylic acids is 3. The molecule has 1 rings (SSSR count). The molecule has 0 bridgehead atoms. The predicted octanol–water partition coefficient (Wildman–Crippen LogP) is 0.0809. The zero-order valence-electron chi connectivity index (χ0n) is 17.4. The van der Waals surface area contributed by atoms with E-state index in [-0.39, 0.29) is 11.8 Å². The van der Waals surface area contributed by atoms with Gasteiger partial charge in [-0.3, -0.25) is 14.4 Å². The number of hydrogen-bond donors (Lipinski definition) is 4. The van der Waals surface area contributed by atoms with Gasteiger partial charge in [0.25, 0.3) is 0 Å². The van der Waals surface area contributed by atoms with E-state index in [1.165, 1.54) is 11.8 Å². The van der Waals surface area contributed by atoms with Crippen LogP contribution in [-0.4, -0.2) is 64.4 Å². The molecule has 0 aromatic heterocycles. The standard InChI is InChI=1S/C19H34N4O5/c1-10(2)9-13(20)16(24)22-15(11(3)4)17(25)21-12(5)18(26)23-8-6-7-14(23)19(27)28/h10-15H,6-9,20H2,1-5H3,(H,21,25)(H,22,24)(H,27,28). The van der Waals surface area contributed by atoms with Crippen molar-refractivity contribution in [1.82, 2.24) is 15.5 Å². The summed E-state index contributed by atoms with van der Waals surface area (Å²) in [5.41, 5.74) is 5.88. The third-order valence-electron chi connectivity index (χ3n) is 4.86. The first kappa shape index (κ1) is 23.9. The Balaban J connectivity index is 2.73. The van der Waals surface area contributed by atoms with E-state index in [0.29, 0.717) is 25.8 Å². The van der Waals surface area contributed by atoms with Gasteiger partial charge in [-0.15, -0.1) is 0 Å². The fourth-order valence-corrected chi connectivity index (χ4v) is 3.31. The highest BCUT2D eigenvalue weighted by atomic mass is 16.4. The molecule has 1 aliphatic heterocycles. The van der Waals surface area contributed by atoms with Crippen LogP contribution >= 0.6 is 0 Å². The van der Waals surface area contributed by atoms with Crippen LogP contribution in [0.2, 0.25) is 0 Å². The largest absolute Gasteiger partial charge is 0.480 e. The van der Waals surface area contributed by atoms with Crippen LogP contribution in [0.4, 0.5) is 0 Å². The van der Waals surface area contributed by atoms with Gasteiger partial charge in [-0.2, -0.15) is 0 Å². The van der Waals surface area contributed by atoms with Crippen LogP contribution in [0.1, 0.15) is 53.9 Å². The summed E-state index contributed by atoms with van der Waals surface area (Å²) in [6.07, 6.45) is 1.51. The average Bonchev–Trinajstić information content (AvgIpc) is 3.07. The van der Waals surface area contributed by atoms with Gasteiger partial charge < -0.3 is 26.4 Å². The second-order valence-electron chi connectivity index (χ2n) is 8.22. The average molecular weight is 399 g/mol. The number of likely N-dealkylation sites (tertiary alicyclic amines) is 1. The van der Waals surface area contributed by atoms with Crippen molar-refractivity contribution in [2.24, 2.45) is 17.6 Å². The highest BCUT2D eigenvalue weighted by Crippen LogP contribution is 2.18. The van der Waals surface area contributed by atoms with Gasteiger partial charge in [-0.05, 0) is 38.0 Å². The van der Waals surface area contributed by atoms with Crippen molar-refractivity contribution in [2.75, 3.05) is 6.54 Å². The van der Waals surface area contributed by atoms with E-state index in [1.807, 2.05) is 13.8 Å². The molecule has 9 nitrogen and oxygen atoms in total. The monoisotopic (exact) mass is 398 g/mol. The normalized spacial score (nSPS) is 20.0. The minimum atomic E-state index is -1.05. The van der Waals surface area contributed by atoms with Crippen LogP contribution in [0.3, 0.4) is 0 Å². The fourth-order valence-electron chi connectivity index (χ4n) is 3.31. The van der Waals surface area contributed by atoms with Gasteiger partial charge in [-0.1, -0.05) is 27.7 Å². The summed E-state index contributed by atoms with van der Waals surface area (Å²) in [4.78, 5) is 50.1. The minimum absolute atomic E-state index is 0.212. The van der Waals surface area contributed by atoms with Crippen molar-refractivity contribution in [2.45, 2.75) is 78.0 Å². The molecule has 1 aliphatic rings. The lowest BCUT2D eigenvalue weighted by atomic mass is 10.00. The molecule has 0 aliphatic carbocycles. The molecule has 0 saturated carbocycles. The maximum Gasteiger partial charge on any atom is 0.326 e. The first-order valence-electron chi connectivity index (χ1n) is 9.85. The first-order valence-corrected chi connectivity index (χ1v) is 9.85. The Morgan fingerprint density at radius 3 is 2.18 bits per heavy atom. The number of carboxylic acids is 1. The lowest BCUT2D eigenvalue weighted by molar-refractivity contribution is -0.149. The van der Waals surface area contributed by atoms with E-state index >= 15 is 0 Å². The number of nitrogens with two attached hydrogens (primary N) is 1. The fraction of sp³-hybridized carbons (Fsp3) is 0.789. The van der Waals surface area contributed by atoms with E-state index in [0.717, 1.165) is 0 Å². The molecule has 0 aromatic carbocycles. The van der Waals surface area contributed by atoms with Gasteiger partial charge in [0.1, 0.15) is 18.1 Å². The van der Waals surface area contributed by atoms with Gasteiger partial charge in [0.15, 0.2) is 0 Å². The Bertz CT molecular complexity index is 593. The number of hydrogen-bond acceptors (Lipinski definition) is 5. The summed E-state index contributed by atoms with van der Waals surface area (Å²) in [7, 11) is 0. The van der Waals surface area contributed by atoms with Crippen molar-refractivity contribution in [3.05, 3.63) is 0 Å². The second-order valence-corrected chi connectivity index (χ2v) is 8.22. The van der Waals surface area contributed by atoms with Gasteiger partial charge in [0, 0.05) is 6.54 Å². The van der Waals surface area contributed by atoms with Crippen molar-refractivity contribution < 1.29 is 24.3 Å². The molecule has 28 heavy (non-hydrogen) atoms. The van der Waals surface area contributed by atoms with Gasteiger partial charge >= 0.3 is 5.97 Å². The van der Waals surface area contributed by atoms with Crippen molar-refractivity contribution >= 4 is 23.7 Å². The number of nitrogens with zero attached hydrogens (tertiary/aromatic N) is 1. The number of rotatable bonds is 9. The molecule has 0 radical (unpaired) electrons. The molecule has 1 heterocycles. The summed E-state index contributed by atoms with van der Waals surface area (Å²) in [5, 5.41) is 14.5. The molecule has 0 aromatic rings. The van der Waals surface area contributed by atoms with Crippen LogP contribution in [0.25, 0.3) is 0 Å². The predicted molar refractivity (Wildman–Crippen MR) is 104 cm³/mol. The molecule has 1 fully saturated rings. The molecule has 5 N–H and O–H groups in total. The molecule has 0 spiro atoms. The SMILES string of the molecule is CC(C)CC(N)C(=O)NC(C(=O)NC(C)C(=O)N1CCCC1C(=O)O)C(C)C. The molecule has 160 valence electrons. The first-order chi connectivity index (χ1) is 13.0. The van der Waals surface area contributed by atoms with Crippen molar-refractivity contribution in [3.63, 3.8) is 0 Å². The Kier molecular flexibility index (Phi) is 8.87. The lowest BCUT2D eigenvalue weighted by Gasteiger charge is -2.28. The quantitative estimate of drug-likeness (QED) is 0.433. The molecule has 4 atom stereocenters. The molecule has 9 heteroatoms. The highest BCUT2D eigenvalue weighted by Gasteiger charge is 2.37. The maximum atomic E-state index is 12.7. The van der Waals surface area contributed by atoms with Crippen LogP contribution in [0, 0.1) is 11.8 Å². The van der Waals surface area contributed by atoms with E-state index in [2.05, 4.69) is 10.6 Å². The number of carbonyl (C=O) groups is 4. The highest BCUT2D eigenvalue weighted by molar-refractivity contribution is 5.94. The van der Waals surface area contributed by atoms with Crippen LogP contribution in [0.5, 0.6) is 0 Å². The van der Waals surface area contributed by atoms with E-state index in [4.69, 9.17) is 5.73 Å². The molecular weight excluding hydrogens is 364 g/mol. The maximum absolute atomic E-state index is 12.7. The van der Waals surface area contributed by atoms with Gasteiger partial charge in [0.05, 0.1) is 6.04 Å². The Morgan fingerprint density at radius 2 is 1.68 bits per heavy atom. The molecule has 1 saturated heterocycles. The van der Waals surface area contributed by atoms with Crippen molar-refractivity contribution in [1.29, 1.82) is 0 Å². The van der Waals surface area contributed by atoms with Crippen LogP contribution in [-0.2, 0) is 19.2 Å². The molecule has 3 amide bonds. The van der Waals surface area contributed by atoms with E-state index < -0.39 is 47.9 Å². The molecule has 4 unspecified atom stereocenters. The number of aliphatic carboxylic acids is 1. The smallest absolute Gasteiger partial charge is 0.326 e. The number of nitrogens with one attached hydrogen (secondary N) is 2. The van der Waals surface area contributed by atoms with Crippen LogP contribution < -0.4 is 16.4 Å². The van der Waals surface area contributed by atoms with E-state index in [9.17, 15) is 24.3 Å². The number of amides is 3. The number of carboxylic acid groups (broad SMARTS) is 1. The summed E-state index contributed by atoms with van der Waals surface area (Å²) < 4.78 is 0. The summed E-state index contributed by atoms with van der Waals surface area (Å²) in [5.74, 6) is -2.36. The summed E-state index contributed by atoms with van der Waals surface area (Å²) in [6, 6.07) is -3.31. The minimum Gasteiger partial charge on any atom is -0.480 e. The lowest BCUT2D eigenvalue weighted by Crippen LogP contribution is -2.57. The Labute approximate surface area is 166 Å². The third-order valence-corrected chi connectivity index (χ3v) is 4.86. The van der Waals surface area contributed by atoms with Crippen molar-refractivity contribution in [3.8, 4) is 0 Å². The summed E-state index contributed by atoms with van der Waals surface area (Å²) in [6.45, 7) is 9.34. The van der Waals surface area contributed by atoms with Crippen LogP contribution in [0.15, 0.2) is 0 Å². The van der Waals surface area contributed by atoms with Gasteiger partial charge in [0.2, 0.25) is 17.7 Å². The second kappa shape index (κ2) is 10.4. The third kappa shape index (κ3) is 6.47. The topological polar surface area (TPSA) is 142 Å². The zero-order valence-corrected chi connectivity index (χ0v) is 17.4. The van der Waals surface area contributed by atoms with Gasteiger partial charge in [-0.25, -0.2) is 4.79 Å². The Morgan fingerprint density at radius 1 is 1.07 bits per heavy atom.